The Kier molecular flexibility index (Phi) is 4.81. The summed E-state index contributed by atoms with van der Waals surface area (Å²) >= 11 is 2.30. The van der Waals surface area contributed by atoms with Gasteiger partial charge in [0.05, 0.1) is 6.61 Å². The summed E-state index contributed by atoms with van der Waals surface area (Å²) in [6, 6.07) is 0. The average molecular weight is 258 g/mol. The van der Waals surface area contributed by atoms with Crippen LogP contribution in [0.1, 0.15) is 20.8 Å². The molecular formula is C7H15IO2. The van der Waals surface area contributed by atoms with Gasteiger partial charge in [0.25, 0.3) is 0 Å². The predicted octanol–water partition coefficient (Wildman–Crippen LogP) is 1.80. The summed E-state index contributed by atoms with van der Waals surface area (Å²) in [7, 11) is 0. The molecule has 0 aliphatic heterocycles. The van der Waals surface area contributed by atoms with Gasteiger partial charge >= 0.3 is 0 Å². The standard InChI is InChI=1S/C7H15IO2/c1-6(4-8)5-10-7(2,3)9/h6,9H,4-5H2,1-3H3. The van der Waals surface area contributed by atoms with Gasteiger partial charge < -0.3 is 9.84 Å². The van der Waals surface area contributed by atoms with E-state index >= 15 is 0 Å². The Morgan fingerprint density at radius 3 is 2.40 bits per heavy atom. The molecule has 1 unspecified atom stereocenters. The molecule has 0 amide bonds. The van der Waals surface area contributed by atoms with E-state index in [1.807, 2.05) is 0 Å². The van der Waals surface area contributed by atoms with Gasteiger partial charge in [-0.15, -0.1) is 0 Å². The molecule has 0 bridgehead atoms. The summed E-state index contributed by atoms with van der Waals surface area (Å²) in [4.78, 5) is 0. The van der Waals surface area contributed by atoms with Crippen molar-refractivity contribution in [3.8, 4) is 0 Å². The minimum Gasteiger partial charge on any atom is -0.366 e. The van der Waals surface area contributed by atoms with E-state index in [2.05, 4.69) is 29.5 Å². The maximum Gasteiger partial charge on any atom is 0.159 e. The van der Waals surface area contributed by atoms with Crippen molar-refractivity contribution >= 4 is 22.6 Å². The van der Waals surface area contributed by atoms with E-state index in [4.69, 9.17) is 9.84 Å². The maximum atomic E-state index is 9.14. The van der Waals surface area contributed by atoms with E-state index in [9.17, 15) is 0 Å². The Labute approximate surface area is 76.1 Å². The van der Waals surface area contributed by atoms with E-state index in [-0.39, 0.29) is 0 Å². The van der Waals surface area contributed by atoms with Crippen molar-refractivity contribution < 1.29 is 9.84 Å². The molecule has 0 aliphatic rings. The third-order valence-corrected chi connectivity index (χ3v) is 2.49. The molecular weight excluding hydrogens is 243 g/mol. The Hall–Kier alpha value is 0.650. The molecule has 0 aromatic heterocycles. The molecule has 0 spiro atoms. The molecule has 0 aromatic rings. The van der Waals surface area contributed by atoms with Crippen LogP contribution in [0.4, 0.5) is 0 Å². The number of rotatable bonds is 4. The van der Waals surface area contributed by atoms with Crippen LogP contribution in [-0.2, 0) is 4.74 Å². The molecule has 0 radical (unpaired) electrons. The number of aliphatic hydroxyl groups is 1. The lowest BCUT2D eigenvalue weighted by Crippen LogP contribution is -2.26. The lowest BCUT2D eigenvalue weighted by atomic mass is 10.2. The Bertz CT molecular complexity index is 88.1. The molecule has 1 N–H and O–H groups in total. The van der Waals surface area contributed by atoms with Crippen LogP contribution in [0.5, 0.6) is 0 Å². The molecule has 2 nitrogen and oxygen atoms in total. The predicted molar refractivity (Wildman–Crippen MR) is 50.3 cm³/mol. The quantitative estimate of drug-likeness (QED) is 0.473. The number of alkyl halides is 1. The van der Waals surface area contributed by atoms with Gasteiger partial charge in [-0.1, -0.05) is 29.5 Å². The zero-order valence-electron chi connectivity index (χ0n) is 6.72. The molecule has 0 heterocycles. The first-order valence-electron chi connectivity index (χ1n) is 3.38. The fraction of sp³-hybridized carbons (Fsp3) is 1.00. The Morgan fingerprint density at radius 1 is 1.60 bits per heavy atom. The largest absolute Gasteiger partial charge is 0.366 e. The number of hydrogen-bond donors (Lipinski definition) is 1. The molecule has 0 fully saturated rings. The zero-order valence-corrected chi connectivity index (χ0v) is 8.88. The summed E-state index contributed by atoms with van der Waals surface area (Å²) < 4.78 is 6.20. The topological polar surface area (TPSA) is 29.5 Å². The van der Waals surface area contributed by atoms with E-state index in [0.29, 0.717) is 12.5 Å². The van der Waals surface area contributed by atoms with Gasteiger partial charge in [-0.3, -0.25) is 0 Å². The van der Waals surface area contributed by atoms with E-state index in [1.165, 1.54) is 0 Å². The fourth-order valence-corrected chi connectivity index (χ4v) is 0.645. The van der Waals surface area contributed by atoms with Crippen LogP contribution in [0.15, 0.2) is 0 Å². The third-order valence-electron chi connectivity index (χ3n) is 0.984. The van der Waals surface area contributed by atoms with Crippen LogP contribution in [0, 0.1) is 5.92 Å². The van der Waals surface area contributed by atoms with Crippen LogP contribution in [0.2, 0.25) is 0 Å². The second-order valence-corrected chi connectivity index (χ2v) is 3.90. The first-order chi connectivity index (χ1) is 4.45. The van der Waals surface area contributed by atoms with Gasteiger partial charge in [0.1, 0.15) is 0 Å². The normalized spacial score (nSPS) is 15.3. The zero-order chi connectivity index (χ0) is 8.20. The van der Waals surface area contributed by atoms with Crippen molar-refractivity contribution in [2.24, 2.45) is 5.92 Å². The second-order valence-electron chi connectivity index (χ2n) is 3.02. The van der Waals surface area contributed by atoms with Gasteiger partial charge in [0, 0.05) is 4.43 Å². The minimum atomic E-state index is -0.972. The van der Waals surface area contributed by atoms with Crippen LogP contribution < -0.4 is 0 Å². The first-order valence-corrected chi connectivity index (χ1v) is 4.90. The van der Waals surface area contributed by atoms with Crippen molar-refractivity contribution in [3.05, 3.63) is 0 Å². The molecule has 10 heavy (non-hydrogen) atoms. The fourth-order valence-electron chi connectivity index (χ4n) is 0.391. The lowest BCUT2D eigenvalue weighted by Gasteiger charge is -2.20. The summed E-state index contributed by atoms with van der Waals surface area (Å²) in [5, 5.41) is 9.14. The van der Waals surface area contributed by atoms with E-state index < -0.39 is 5.79 Å². The molecule has 1 atom stereocenters. The average Bonchev–Trinajstić information content (AvgIpc) is 1.81. The number of halogens is 1. The van der Waals surface area contributed by atoms with Gasteiger partial charge in [-0.25, -0.2) is 0 Å². The smallest absolute Gasteiger partial charge is 0.159 e. The van der Waals surface area contributed by atoms with Gasteiger partial charge in [-0.05, 0) is 19.8 Å². The summed E-state index contributed by atoms with van der Waals surface area (Å²) in [5.74, 6) is -0.452. The lowest BCUT2D eigenvalue weighted by molar-refractivity contribution is -0.181. The van der Waals surface area contributed by atoms with Crippen molar-refractivity contribution in [2.75, 3.05) is 11.0 Å². The molecule has 0 saturated carbocycles. The summed E-state index contributed by atoms with van der Waals surface area (Å²) in [6.45, 7) is 6.02. The highest BCUT2D eigenvalue weighted by Crippen LogP contribution is 2.08. The highest BCUT2D eigenvalue weighted by Gasteiger charge is 2.13. The van der Waals surface area contributed by atoms with Crippen LogP contribution in [0.3, 0.4) is 0 Å². The third kappa shape index (κ3) is 6.77. The second kappa shape index (κ2) is 4.51. The summed E-state index contributed by atoms with van der Waals surface area (Å²) in [6.07, 6.45) is 0. The van der Waals surface area contributed by atoms with Gasteiger partial charge in [0.15, 0.2) is 5.79 Å². The van der Waals surface area contributed by atoms with E-state index in [0.717, 1.165) is 4.43 Å². The first kappa shape index (κ1) is 10.7. The molecule has 0 aromatic carbocycles. The van der Waals surface area contributed by atoms with Crippen LogP contribution in [0.25, 0.3) is 0 Å². The highest BCUT2D eigenvalue weighted by atomic mass is 127. The van der Waals surface area contributed by atoms with Crippen LogP contribution >= 0.6 is 22.6 Å². The summed E-state index contributed by atoms with van der Waals surface area (Å²) in [5.41, 5.74) is 0. The Morgan fingerprint density at radius 2 is 2.10 bits per heavy atom. The Balaban J connectivity index is 3.36. The molecule has 0 saturated heterocycles. The molecule has 0 rings (SSSR count). The van der Waals surface area contributed by atoms with Gasteiger partial charge in [-0.2, -0.15) is 0 Å². The molecule has 3 heteroatoms. The van der Waals surface area contributed by atoms with E-state index in [1.54, 1.807) is 13.8 Å². The highest BCUT2D eigenvalue weighted by molar-refractivity contribution is 14.1. The van der Waals surface area contributed by atoms with Crippen molar-refractivity contribution in [1.82, 2.24) is 0 Å². The van der Waals surface area contributed by atoms with Gasteiger partial charge in [0.2, 0.25) is 0 Å². The van der Waals surface area contributed by atoms with Crippen LogP contribution in [-0.4, -0.2) is 21.9 Å². The maximum absolute atomic E-state index is 9.14. The minimum absolute atomic E-state index is 0.520. The molecule has 0 aliphatic carbocycles. The number of hydrogen-bond acceptors (Lipinski definition) is 2. The SMILES string of the molecule is CC(CI)COC(C)(C)O. The monoisotopic (exact) mass is 258 g/mol. The van der Waals surface area contributed by atoms with Crippen molar-refractivity contribution in [3.63, 3.8) is 0 Å². The molecule has 62 valence electrons. The van der Waals surface area contributed by atoms with Crippen molar-refractivity contribution in [1.29, 1.82) is 0 Å². The van der Waals surface area contributed by atoms with Crippen molar-refractivity contribution in [2.45, 2.75) is 26.6 Å². The number of ether oxygens (including phenoxy) is 1.